The van der Waals surface area contributed by atoms with Crippen LogP contribution in [0.5, 0.6) is 11.5 Å². The van der Waals surface area contributed by atoms with Crippen LogP contribution in [-0.4, -0.2) is 39.9 Å². The molecule has 1 rings (SSSR count). The second-order valence-corrected chi connectivity index (χ2v) is 4.65. The lowest BCUT2D eigenvalue weighted by Crippen LogP contribution is -2.25. The molecule has 0 saturated carbocycles. The van der Waals surface area contributed by atoms with E-state index in [1.807, 2.05) is 0 Å². The van der Waals surface area contributed by atoms with Gasteiger partial charge in [-0.1, -0.05) is 13.3 Å². The van der Waals surface area contributed by atoms with Crippen LogP contribution in [0, 0.1) is 0 Å². The van der Waals surface area contributed by atoms with Crippen LogP contribution in [0.3, 0.4) is 0 Å². The molecule has 0 spiro atoms. The molecule has 0 aromatic heterocycles. The predicted molar refractivity (Wildman–Crippen MR) is 82.2 cm³/mol. The van der Waals surface area contributed by atoms with Gasteiger partial charge in [-0.05, 0) is 31.0 Å². The quantitative estimate of drug-likeness (QED) is 0.674. The predicted octanol–water partition coefficient (Wildman–Crippen LogP) is 2.64. The zero-order valence-electron chi connectivity index (χ0n) is 13.1. The molecule has 0 aliphatic heterocycles. The molecule has 0 aliphatic rings. The summed E-state index contributed by atoms with van der Waals surface area (Å²) in [7, 11) is 3.11. The van der Waals surface area contributed by atoms with Crippen molar-refractivity contribution < 1.29 is 19.0 Å². The fraction of sp³-hybridized carbons (Fsp3) is 0.562. The number of amides is 1. The van der Waals surface area contributed by atoms with Crippen LogP contribution >= 0.6 is 0 Å². The third-order valence-electron chi connectivity index (χ3n) is 3.04. The highest BCUT2D eigenvalue weighted by Crippen LogP contribution is 2.27. The zero-order chi connectivity index (χ0) is 15.5. The van der Waals surface area contributed by atoms with Crippen molar-refractivity contribution in [2.45, 2.75) is 26.2 Å². The Bertz CT molecular complexity index is 434. The van der Waals surface area contributed by atoms with Crippen molar-refractivity contribution in [1.29, 1.82) is 0 Å². The molecule has 0 aliphatic carbocycles. The summed E-state index contributed by atoms with van der Waals surface area (Å²) in [5.41, 5.74) is 0.555. The Balaban J connectivity index is 2.35. The van der Waals surface area contributed by atoms with Crippen molar-refractivity contribution in [2.75, 3.05) is 34.0 Å². The highest BCUT2D eigenvalue weighted by atomic mass is 16.5. The average Bonchev–Trinajstić information content (AvgIpc) is 2.53. The number of hydrogen-bond acceptors (Lipinski definition) is 4. The average molecular weight is 295 g/mol. The van der Waals surface area contributed by atoms with Crippen LogP contribution in [0.1, 0.15) is 36.5 Å². The molecule has 21 heavy (non-hydrogen) atoms. The van der Waals surface area contributed by atoms with Crippen LogP contribution in [0.4, 0.5) is 0 Å². The fourth-order valence-electron chi connectivity index (χ4n) is 1.80. The van der Waals surface area contributed by atoms with Gasteiger partial charge >= 0.3 is 0 Å². The molecule has 0 heterocycles. The van der Waals surface area contributed by atoms with Gasteiger partial charge in [0, 0.05) is 25.3 Å². The monoisotopic (exact) mass is 295 g/mol. The first-order chi connectivity index (χ1) is 10.2. The second kappa shape index (κ2) is 10.0. The molecule has 0 unspecified atom stereocenters. The van der Waals surface area contributed by atoms with E-state index in [0.29, 0.717) is 30.2 Å². The normalized spacial score (nSPS) is 10.2. The van der Waals surface area contributed by atoms with Crippen LogP contribution in [0.15, 0.2) is 18.2 Å². The molecule has 1 amide bonds. The van der Waals surface area contributed by atoms with E-state index in [1.165, 1.54) is 0 Å². The first-order valence-corrected chi connectivity index (χ1v) is 7.30. The SMILES string of the molecule is CCCCOCCCNC(=O)c1ccc(OC)c(OC)c1. The van der Waals surface area contributed by atoms with Crippen molar-refractivity contribution in [1.82, 2.24) is 5.32 Å². The number of carbonyl (C=O) groups excluding carboxylic acids is 1. The van der Waals surface area contributed by atoms with Crippen molar-refractivity contribution in [3.05, 3.63) is 23.8 Å². The van der Waals surface area contributed by atoms with E-state index in [9.17, 15) is 4.79 Å². The van der Waals surface area contributed by atoms with Gasteiger partial charge in [0.2, 0.25) is 0 Å². The van der Waals surface area contributed by atoms with E-state index < -0.39 is 0 Å². The Labute approximate surface area is 126 Å². The second-order valence-electron chi connectivity index (χ2n) is 4.65. The number of methoxy groups -OCH3 is 2. The summed E-state index contributed by atoms with van der Waals surface area (Å²) in [4.78, 5) is 12.0. The van der Waals surface area contributed by atoms with Crippen molar-refractivity contribution in [3.8, 4) is 11.5 Å². The van der Waals surface area contributed by atoms with Gasteiger partial charge in [0.1, 0.15) is 0 Å². The molecule has 0 saturated heterocycles. The molecule has 1 aromatic carbocycles. The number of unbranched alkanes of at least 4 members (excludes halogenated alkanes) is 1. The molecule has 1 N–H and O–H groups in total. The topological polar surface area (TPSA) is 56.8 Å². The number of nitrogens with one attached hydrogen (secondary N) is 1. The van der Waals surface area contributed by atoms with Gasteiger partial charge < -0.3 is 19.5 Å². The zero-order valence-corrected chi connectivity index (χ0v) is 13.1. The molecule has 0 fully saturated rings. The Hall–Kier alpha value is -1.75. The van der Waals surface area contributed by atoms with Gasteiger partial charge in [0.05, 0.1) is 14.2 Å². The van der Waals surface area contributed by atoms with E-state index in [4.69, 9.17) is 14.2 Å². The molecule has 0 atom stereocenters. The molecule has 0 bridgehead atoms. The lowest BCUT2D eigenvalue weighted by Gasteiger charge is -2.10. The minimum atomic E-state index is -0.121. The lowest BCUT2D eigenvalue weighted by molar-refractivity contribution is 0.0940. The summed E-state index contributed by atoms with van der Waals surface area (Å²) < 4.78 is 15.8. The van der Waals surface area contributed by atoms with Gasteiger partial charge in [-0.3, -0.25) is 4.79 Å². The standard InChI is InChI=1S/C16H25NO4/c1-4-5-10-21-11-6-9-17-16(18)13-7-8-14(19-2)15(12-13)20-3/h7-8,12H,4-6,9-11H2,1-3H3,(H,17,18). The van der Waals surface area contributed by atoms with Crippen LogP contribution in [0.2, 0.25) is 0 Å². The van der Waals surface area contributed by atoms with Crippen molar-refractivity contribution >= 4 is 5.91 Å². The maximum absolute atomic E-state index is 12.0. The molecule has 5 nitrogen and oxygen atoms in total. The van der Waals surface area contributed by atoms with Crippen molar-refractivity contribution in [3.63, 3.8) is 0 Å². The summed E-state index contributed by atoms with van der Waals surface area (Å²) in [6, 6.07) is 5.11. The minimum absolute atomic E-state index is 0.121. The molecule has 5 heteroatoms. The Morgan fingerprint density at radius 2 is 1.81 bits per heavy atom. The third-order valence-corrected chi connectivity index (χ3v) is 3.04. The number of benzene rings is 1. The Kier molecular flexibility index (Phi) is 8.28. The highest BCUT2D eigenvalue weighted by molar-refractivity contribution is 5.94. The number of rotatable bonds is 10. The van der Waals surface area contributed by atoms with E-state index in [-0.39, 0.29) is 5.91 Å². The number of hydrogen-bond donors (Lipinski definition) is 1. The number of carbonyl (C=O) groups is 1. The molecule has 1 aromatic rings. The fourth-order valence-corrected chi connectivity index (χ4v) is 1.80. The lowest BCUT2D eigenvalue weighted by atomic mass is 10.2. The third kappa shape index (κ3) is 6.04. The van der Waals surface area contributed by atoms with Gasteiger partial charge in [-0.2, -0.15) is 0 Å². The smallest absolute Gasteiger partial charge is 0.251 e. The Morgan fingerprint density at radius 3 is 2.48 bits per heavy atom. The van der Waals surface area contributed by atoms with Gasteiger partial charge in [-0.15, -0.1) is 0 Å². The van der Waals surface area contributed by atoms with E-state index in [2.05, 4.69) is 12.2 Å². The molecule has 0 radical (unpaired) electrons. The summed E-state index contributed by atoms with van der Waals surface area (Å²) in [5.74, 6) is 1.04. The molecular weight excluding hydrogens is 270 g/mol. The summed E-state index contributed by atoms with van der Waals surface area (Å²) in [5, 5.41) is 2.86. The largest absolute Gasteiger partial charge is 0.493 e. The molecule has 118 valence electrons. The van der Waals surface area contributed by atoms with Crippen LogP contribution in [-0.2, 0) is 4.74 Å². The van der Waals surface area contributed by atoms with Gasteiger partial charge in [0.15, 0.2) is 11.5 Å². The number of ether oxygens (including phenoxy) is 3. The molecular formula is C16H25NO4. The first kappa shape index (κ1) is 17.3. The maximum atomic E-state index is 12.0. The van der Waals surface area contributed by atoms with E-state index in [1.54, 1.807) is 32.4 Å². The van der Waals surface area contributed by atoms with Crippen LogP contribution in [0.25, 0.3) is 0 Å². The minimum Gasteiger partial charge on any atom is -0.493 e. The first-order valence-electron chi connectivity index (χ1n) is 7.30. The maximum Gasteiger partial charge on any atom is 0.251 e. The van der Waals surface area contributed by atoms with Crippen LogP contribution < -0.4 is 14.8 Å². The summed E-state index contributed by atoms with van der Waals surface area (Å²) >= 11 is 0. The van der Waals surface area contributed by atoms with Gasteiger partial charge in [0.25, 0.3) is 5.91 Å². The van der Waals surface area contributed by atoms with Gasteiger partial charge in [-0.25, -0.2) is 0 Å². The summed E-state index contributed by atoms with van der Waals surface area (Å²) in [6.45, 7) is 4.19. The van der Waals surface area contributed by atoms with Crippen molar-refractivity contribution in [2.24, 2.45) is 0 Å². The Morgan fingerprint density at radius 1 is 1.10 bits per heavy atom. The highest BCUT2D eigenvalue weighted by Gasteiger charge is 2.10. The van der Waals surface area contributed by atoms with E-state index >= 15 is 0 Å². The summed E-state index contributed by atoms with van der Waals surface area (Å²) in [6.07, 6.45) is 3.02. The van der Waals surface area contributed by atoms with E-state index in [0.717, 1.165) is 25.9 Å².